The van der Waals surface area contributed by atoms with Crippen LogP contribution in [0.25, 0.3) is 0 Å². The van der Waals surface area contributed by atoms with Crippen LogP contribution in [0.4, 0.5) is 0 Å². The predicted molar refractivity (Wildman–Crippen MR) is 88.7 cm³/mol. The van der Waals surface area contributed by atoms with Gasteiger partial charge in [0.1, 0.15) is 0 Å². The van der Waals surface area contributed by atoms with Crippen molar-refractivity contribution in [3.05, 3.63) is 24.3 Å². The molecule has 0 spiro atoms. The Labute approximate surface area is 129 Å². The van der Waals surface area contributed by atoms with Gasteiger partial charge in [-0.15, -0.1) is 0 Å². The van der Waals surface area contributed by atoms with Crippen LogP contribution in [-0.2, 0) is 4.79 Å². The van der Waals surface area contributed by atoms with Crippen LogP contribution in [0, 0.1) is 23.7 Å². The summed E-state index contributed by atoms with van der Waals surface area (Å²) in [6.45, 7) is 2.18. The number of unbranched alkanes of at least 4 members (excludes halogenated alkanes) is 7. The van der Waals surface area contributed by atoms with E-state index in [4.69, 9.17) is 5.11 Å². The van der Waals surface area contributed by atoms with Crippen molar-refractivity contribution in [3.63, 3.8) is 0 Å². The van der Waals surface area contributed by atoms with Crippen molar-refractivity contribution in [2.45, 2.75) is 64.7 Å². The van der Waals surface area contributed by atoms with Gasteiger partial charge in [-0.3, -0.25) is 0 Å². The van der Waals surface area contributed by atoms with Crippen molar-refractivity contribution in [2.24, 2.45) is 0 Å². The van der Waals surface area contributed by atoms with E-state index in [0.717, 1.165) is 44.9 Å². The zero-order chi connectivity index (χ0) is 15.6. The van der Waals surface area contributed by atoms with Gasteiger partial charge >= 0.3 is 5.97 Å². The minimum Gasteiger partial charge on any atom is -0.478 e. The smallest absolute Gasteiger partial charge is 0.327 e. The molecule has 0 saturated carbocycles. The van der Waals surface area contributed by atoms with Crippen molar-refractivity contribution >= 4 is 5.97 Å². The van der Waals surface area contributed by atoms with Crippen molar-refractivity contribution < 1.29 is 9.90 Å². The predicted octanol–water partition coefficient (Wildman–Crippen LogP) is 4.72. The highest BCUT2D eigenvalue weighted by Crippen LogP contribution is 2.05. The van der Waals surface area contributed by atoms with Gasteiger partial charge < -0.3 is 5.11 Å². The fourth-order valence-electron chi connectivity index (χ4n) is 1.66. The van der Waals surface area contributed by atoms with E-state index in [9.17, 15) is 4.79 Å². The molecule has 0 amide bonds. The van der Waals surface area contributed by atoms with Gasteiger partial charge in [-0.1, -0.05) is 56.6 Å². The first-order valence-corrected chi connectivity index (χ1v) is 7.80. The fraction of sp³-hybridized carbons (Fsp3) is 0.526. The Morgan fingerprint density at radius 2 is 1.76 bits per heavy atom. The Kier molecular flexibility index (Phi) is 14.6. The van der Waals surface area contributed by atoms with Gasteiger partial charge in [0.05, 0.1) is 0 Å². The minimum atomic E-state index is -0.869. The lowest BCUT2D eigenvalue weighted by Crippen LogP contribution is -1.85. The summed E-state index contributed by atoms with van der Waals surface area (Å²) >= 11 is 0. The SMILES string of the molecule is CCCCC=CC#CC#CCCCCCCC=CC(=O)O. The molecule has 0 aromatic heterocycles. The van der Waals surface area contributed by atoms with Gasteiger partial charge in [-0.2, -0.15) is 0 Å². The number of carboxylic acids is 1. The monoisotopic (exact) mass is 286 g/mol. The second kappa shape index (κ2) is 16.1. The minimum absolute atomic E-state index is 0.841. The van der Waals surface area contributed by atoms with Crippen LogP contribution in [0.1, 0.15) is 64.7 Å². The third-order valence-corrected chi connectivity index (χ3v) is 2.83. The van der Waals surface area contributed by atoms with E-state index in [1.54, 1.807) is 6.08 Å². The molecule has 21 heavy (non-hydrogen) atoms. The van der Waals surface area contributed by atoms with Crippen molar-refractivity contribution in [3.8, 4) is 23.7 Å². The van der Waals surface area contributed by atoms with Gasteiger partial charge in [0, 0.05) is 12.5 Å². The number of hydrogen-bond acceptors (Lipinski definition) is 1. The second-order valence-electron chi connectivity index (χ2n) is 4.81. The van der Waals surface area contributed by atoms with E-state index in [0.29, 0.717) is 0 Å². The standard InChI is InChI=1S/C19H26O2/c1-2-3-4-5-6-7-8-9-10-11-12-13-14-15-16-17-18-19(20)21/h5-6,17-18H,2-4,11-16H2,1H3,(H,20,21). The summed E-state index contributed by atoms with van der Waals surface area (Å²) in [5.41, 5.74) is 0. The van der Waals surface area contributed by atoms with Crippen LogP contribution in [0.5, 0.6) is 0 Å². The number of rotatable bonds is 10. The van der Waals surface area contributed by atoms with Gasteiger partial charge in [-0.05, 0) is 43.6 Å². The molecule has 114 valence electrons. The largest absolute Gasteiger partial charge is 0.478 e. The third kappa shape index (κ3) is 18.1. The van der Waals surface area contributed by atoms with Crippen LogP contribution in [0.2, 0.25) is 0 Å². The van der Waals surface area contributed by atoms with Gasteiger partial charge in [0.25, 0.3) is 0 Å². The first kappa shape index (κ1) is 19.1. The number of hydrogen-bond donors (Lipinski definition) is 1. The summed E-state index contributed by atoms with van der Waals surface area (Å²) in [5, 5.41) is 8.41. The molecule has 0 bridgehead atoms. The second-order valence-corrected chi connectivity index (χ2v) is 4.81. The topological polar surface area (TPSA) is 37.3 Å². The molecule has 0 atom stereocenters. The van der Waals surface area contributed by atoms with E-state index < -0.39 is 5.97 Å². The maximum atomic E-state index is 10.2. The number of carbonyl (C=O) groups is 1. The molecule has 0 aliphatic rings. The number of carboxylic acid groups (broad SMARTS) is 1. The van der Waals surface area contributed by atoms with Crippen LogP contribution in [0.3, 0.4) is 0 Å². The summed E-state index contributed by atoms with van der Waals surface area (Å²) < 4.78 is 0. The molecule has 0 aliphatic heterocycles. The van der Waals surface area contributed by atoms with E-state index in [1.165, 1.54) is 18.9 Å². The average Bonchev–Trinajstić information content (AvgIpc) is 2.46. The summed E-state index contributed by atoms with van der Waals surface area (Å²) in [6.07, 6.45) is 16.6. The van der Waals surface area contributed by atoms with Crippen LogP contribution in [-0.4, -0.2) is 11.1 Å². The Morgan fingerprint density at radius 3 is 2.52 bits per heavy atom. The Morgan fingerprint density at radius 1 is 1.00 bits per heavy atom. The highest BCUT2D eigenvalue weighted by molar-refractivity contribution is 5.79. The first-order chi connectivity index (χ1) is 10.3. The highest BCUT2D eigenvalue weighted by atomic mass is 16.4. The summed E-state index contributed by atoms with van der Waals surface area (Å²) in [7, 11) is 0. The maximum Gasteiger partial charge on any atom is 0.327 e. The fourth-order valence-corrected chi connectivity index (χ4v) is 1.66. The van der Waals surface area contributed by atoms with E-state index in [-0.39, 0.29) is 0 Å². The molecular formula is C19H26O2. The van der Waals surface area contributed by atoms with Gasteiger partial charge in [0.15, 0.2) is 0 Å². The van der Waals surface area contributed by atoms with Crippen LogP contribution < -0.4 is 0 Å². The lowest BCUT2D eigenvalue weighted by molar-refractivity contribution is -0.131. The lowest BCUT2D eigenvalue weighted by Gasteiger charge is -1.95. The Bertz CT molecular complexity index is 436. The molecule has 0 fully saturated rings. The van der Waals surface area contributed by atoms with Crippen LogP contribution >= 0.6 is 0 Å². The highest BCUT2D eigenvalue weighted by Gasteiger charge is 1.88. The molecule has 0 radical (unpaired) electrons. The first-order valence-electron chi connectivity index (χ1n) is 7.80. The van der Waals surface area contributed by atoms with E-state index >= 15 is 0 Å². The summed E-state index contributed by atoms with van der Waals surface area (Å²) in [6, 6.07) is 0. The normalized spacial score (nSPS) is 10.1. The van der Waals surface area contributed by atoms with Crippen molar-refractivity contribution in [1.82, 2.24) is 0 Å². The Hall–Kier alpha value is -1.93. The molecule has 0 aliphatic carbocycles. The number of aliphatic carboxylic acids is 1. The molecule has 2 nitrogen and oxygen atoms in total. The van der Waals surface area contributed by atoms with Crippen molar-refractivity contribution in [2.75, 3.05) is 0 Å². The van der Waals surface area contributed by atoms with Gasteiger partial charge in [-0.25, -0.2) is 4.79 Å². The zero-order valence-electron chi connectivity index (χ0n) is 13.0. The Balaban J connectivity index is 3.43. The lowest BCUT2D eigenvalue weighted by atomic mass is 10.1. The summed E-state index contributed by atoms with van der Waals surface area (Å²) in [4.78, 5) is 10.2. The van der Waals surface area contributed by atoms with Gasteiger partial charge in [0.2, 0.25) is 0 Å². The van der Waals surface area contributed by atoms with E-state index in [1.807, 2.05) is 6.08 Å². The van der Waals surface area contributed by atoms with E-state index in [2.05, 4.69) is 36.7 Å². The molecule has 0 aromatic carbocycles. The van der Waals surface area contributed by atoms with Crippen LogP contribution in [0.15, 0.2) is 24.3 Å². The molecule has 0 unspecified atom stereocenters. The maximum absolute atomic E-state index is 10.2. The molecule has 0 saturated heterocycles. The van der Waals surface area contributed by atoms with Crippen molar-refractivity contribution in [1.29, 1.82) is 0 Å². The average molecular weight is 286 g/mol. The number of allylic oxidation sites excluding steroid dienone is 3. The zero-order valence-corrected chi connectivity index (χ0v) is 13.0. The molecule has 2 heteroatoms. The molecule has 0 aromatic rings. The quantitative estimate of drug-likeness (QED) is 0.358. The summed E-state index contributed by atoms with van der Waals surface area (Å²) in [5.74, 6) is 10.8. The molecular weight excluding hydrogens is 260 g/mol. The molecule has 0 rings (SSSR count). The molecule has 1 N–H and O–H groups in total. The third-order valence-electron chi connectivity index (χ3n) is 2.83. The molecule has 0 heterocycles.